The Morgan fingerprint density at radius 1 is 1.12 bits per heavy atom. The van der Waals surface area contributed by atoms with E-state index in [2.05, 4.69) is 5.32 Å². The van der Waals surface area contributed by atoms with Gasteiger partial charge in [-0.15, -0.1) is 0 Å². The Labute approximate surface area is 151 Å². The minimum atomic E-state index is -4.07. The molecule has 0 aromatic heterocycles. The molecule has 0 radical (unpaired) electrons. The van der Waals surface area contributed by atoms with E-state index in [0.29, 0.717) is 11.3 Å². The molecule has 0 bridgehead atoms. The van der Waals surface area contributed by atoms with Crippen molar-refractivity contribution >= 4 is 33.6 Å². The number of rotatable bonds is 5. The van der Waals surface area contributed by atoms with Crippen LogP contribution in [0.4, 0.5) is 5.69 Å². The Bertz CT molecular complexity index is 1000. The van der Waals surface area contributed by atoms with Gasteiger partial charge in [0.05, 0.1) is 16.5 Å². The van der Waals surface area contributed by atoms with Crippen molar-refractivity contribution in [2.75, 3.05) is 5.32 Å². The minimum absolute atomic E-state index is 0.169. The lowest BCUT2D eigenvalue weighted by Crippen LogP contribution is -2.29. The van der Waals surface area contributed by atoms with Crippen LogP contribution in [0.25, 0.3) is 6.08 Å². The first-order valence-corrected chi connectivity index (χ1v) is 8.91. The topological polar surface area (TPSA) is 116 Å². The highest BCUT2D eigenvalue weighted by Gasteiger charge is 2.16. The fourth-order valence-electron chi connectivity index (χ4n) is 2.01. The van der Waals surface area contributed by atoms with Crippen LogP contribution in [-0.2, 0) is 19.6 Å². The molecule has 0 aliphatic rings. The first-order valence-electron chi connectivity index (χ1n) is 7.43. The second kappa shape index (κ2) is 8.09. The lowest BCUT2D eigenvalue weighted by Gasteiger charge is -2.05. The van der Waals surface area contributed by atoms with E-state index in [0.717, 1.165) is 6.08 Å². The highest BCUT2D eigenvalue weighted by atomic mass is 32.2. The fraction of sp³-hybridized carbons (Fsp3) is 0.0556. The number of amides is 2. The van der Waals surface area contributed by atoms with E-state index in [1.165, 1.54) is 37.3 Å². The van der Waals surface area contributed by atoms with Gasteiger partial charge in [0.15, 0.2) is 0 Å². The monoisotopic (exact) mass is 369 g/mol. The Hall–Kier alpha value is -3.44. The quantitative estimate of drug-likeness (QED) is 0.782. The molecule has 2 N–H and O–H groups in total. The number of benzene rings is 2. The van der Waals surface area contributed by atoms with Crippen molar-refractivity contribution in [3.8, 4) is 6.07 Å². The van der Waals surface area contributed by atoms with Gasteiger partial charge in [-0.05, 0) is 42.0 Å². The summed E-state index contributed by atoms with van der Waals surface area (Å²) in [7, 11) is -4.07. The maximum Gasteiger partial charge on any atom is 0.264 e. The maximum atomic E-state index is 12.2. The molecule has 0 aliphatic carbocycles. The first-order chi connectivity index (χ1) is 12.3. The van der Waals surface area contributed by atoms with Crippen LogP contribution in [0.1, 0.15) is 18.1 Å². The van der Waals surface area contributed by atoms with Gasteiger partial charge in [-0.3, -0.25) is 9.59 Å². The third kappa shape index (κ3) is 5.29. The highest BCUT2D eigenvalue weighted by Crippen LogP contribution is 2.12. The summed E-state index contributed by atoms with van der Waals surface area (Å²) in [6, 6.07) is 13.8. The van der Waals surface area contributed by atoms with Gasteiger partial charge in [0, 0.05) is 18.7 Å². The Morgan fingerprint density at radius 2 is 1.81 bits per heavy atom. The average molecular weight is 369 g/mol. The predicted octanol–water partition coefficient (Wildman–Crippen LogP) is 2.03. The summed E-state index contributed by atoms with van der Waals surface area (Å²) in [4.78, 5) is 22.7. The molecule has 0 aliphatic heterocycles. The van der Waals surface area contributed by atoms with Gasteiger partial charge in [0.1, 0.15) is 0 Å². The summed E-state index contributed by atoms with van der Waals surface area (Å²) in [5.74, 6) is -1.02. The van der Waals surface area contributed by atoms with Crippen molar-refractivity contribution in [3.05, 3.63) is 65.7 Å². The third-order valence-electron chi connectivity index (χ3n) is 3.17. The molecule has 132 valence electrons. The molecule has 26 heavy (non-hydrogen) atoms. The van der Waals surface area contributed by atoms with Crippen LogP contribution in [0, 0.1) is 11.3 Å². The Morgan fingerprint density at radius 3 is 2.42 bits per heavy atom. The van der Waals surface area contributed by atoms with Crippen LogP contribution < -0.4 is 10.0 Å². The number of carbonyl (C=O) groups excluding carboxylic acids is 2. The zero-order valence-corrected chi connectivity index (χ0v) is 14.6. The summed E-state index contributed by atoms with van der Waals surface area (Å²) in [5.41, 5.74) is 1.44. The molecule has 7 nitrogen and oxygen atoms in total. The molecule has 2 rings (SSSR count). The summed E-state index contributed by atoms with van der Waals surface area (Å²) < 4.78 is 26.2. The Balaban J connectivity index is 2.06. The number of anilines is 1. The van der Waals surface area contributed by atoms with Crippen LogP contribution in [0.15, 0.2) is 59.5 Å². The number of sulfonamides is 1. The molecule has 8 heteroatoms. The van der Waals surface area contributed by atoms with Crippen molar-refractivity contribution in [1.82, 2.24) is 4.72 Å². The molecule has 2 aromatic carbocycles. The minimum Gasteiger partial charge on any atom is -0.326 e. The van der Waals surface area contributed by atoms with Gasteiger partial charge in [-0.2, -0.15) is 5.26 Å². The van der Waals surface area contributed by atoms with E-state index in [4.69, 9.17) is 5.26 Å². The van der Waals surface area contributed by atoms with Crippen LogP contribution in [0.2, 0.25) is 0 Å². The number of hydrogen-bond donors (Lipinski definition) is 2. The average Bonchev–Trinajstić information content (AvgIpc) is 2.60. The largest absolute Gasteiger partial charge is 0.326 e. The highest BCUT2D eigenvalue weighted by molar-refractivity contribution is 7.90. The van der Waals surface area contributed by atoms with Gasteiger partial charge in [-0.25, -0.2) is 13.1 Å². The third-order valence-corrected chi connectivity index (χ3v) is 4.51. The maximum absolute atomic E-state index is 12.2. The number of carbonyl (C=O) groups is 2. The van der Waals surface area contributed by atoms with Crippen LogP contribution in [0.3, 0.4) is 0 Å². The molecule has 0 spiro atoms. The van der Waals surface area contributed by atoms with Crippen LogP contribution in [-0.4, -0.2) is 20.2 Å². The smallest absolute Gasteiger partial charge is 0.264 e. The number of hydrogen-bond acceptors (Lipinski definition) is 5. The summed E-state index contributed by atoms with van der Waals surface area (Å²) in [5, 5.41) is 11.4. The van der Waals surface area contributed by atoms with Crippen molar-refractivity contribution in [2.45, 2.75) is 11.8 Å². The lowest BCUT2D eigenvalue weighted by molar-refractivity contribution is -0.115. The SMILES string of the molecule is CC(=O)Nc1ccc(/C=C/C(=O)NS(=O)(=O)c2cccc(C#N)c2)cc1. The number of nitrogens with one attached hydrogen (secondary N) is 2. The molecule has 0 fully saturated rings. The van der Waals surface area contributed by atoms with E-state index in [-0.39, 0.29) is 16.4 Å². The van der Waals surface area contributed by atoms with Gasteiger partial charge < -0.3 is 5.32 Å². The Kier molecular flexibility index (Phi) is 5.88. The first kappa shape index (κ1) is 18.9. The van der Waals surface area contributed by atoms with E-state index in [1.54, 1.807) is 24.3 Å². The molecule has 0 heterocycles. The molecular weight excluding hydrogens is 354 g/mol. The van der Waals surface area contributed by atoms with Gasteiger partial charge in [-0.1, -0.05) is 18.2 Å². The van der Waals surface area contributed by atoms with E-state index in [9.17, 15) is 18.0 Å². The van der Waals surface area contributed by atoms with Gasteiger partial charge in [0.2, 0.25) is 5.91 Å². The van der Waals surface area contributed by atoms with Gasteiger partial charge >= 0.3 is 0 Å². The van der Waals surface area contributed by atoms with Crippen LogP contribution >= 0.6 is 0 Å². The van der Waals surface area contributed by atoms with E-state index < -0.39 is 15.9 Å². The molecule has 0 atom stereocenters. The number of nitrogens with zero attached hydrogens (tertiary/aromatic N) is 1. The summed E-state index contributed by atoms with van der Waals surface area (Å²) in [6.07, 6.45) is 2.52. The zero-order chi connectivity index (χ0) is 19.2. The zero-order valence-electron chi connectivity index (χ0n) is 13.8. The van der Waals surface area contributed by atoms with Crippen molar-refractivity contribution in [1.29, 1.82) is 5.26 Å². The van der Waals surface area contributed by atoms with Crippen molar-refractivity contribution in [2.24, 2.45) is 0 Å². The van der Waals surface area contributed by atoms with E-state index >= 15 is 0 Å². The fourth-order valence-corrected chi connectivity index (χ4v) is 3.00. The molecule has 2 aromatic rings. The number of nitriles is 1. The molecular formula is C18H15N3O4S. The second-order valence-electron chi connectivity index (χ2n) is 5.25. The van der Waals surface area contributed by atoms with Crippen molar-refractivity contribution in [3.63, 3.8) is 0 Å². The van der Waals surface area contributed by atoms with E-state index in [1.807, 2.05) is 10.8 Å². The predicted molar refractivity (Wildman–Crippen MR) is 96.3 cm³/mol. The molecule has 0 saturated heterocycles. The second-order valence-corrected chi connectivity index (χ2v) is 6.93. The molecule has 0 unspecified atom stereocenters. The van der Waals surface area contributed by atoms with Crippen molar-refractivity contribution < 1.29 is 18.0 Å². The summed E-state index contributed by atoms with van der Waals surface area (Å²) >= 11 is 0. The van der Waals surface area contributed by atoms with Crippen LogP contribution in [0.5, 0.6) is 0 Å². The van der Waals surface area contributed by atoms with Gasteiger partial charge in [0.25, 0.3) is 15.9 Å². The lowest BCUT2D eigenvalue weighted by atomic mass is 10.2. The summed E-state index contributed by atoms with van der Waals surface area (Å²) in [6.45, 7) is 1.39. The standard InChI is InChI=1S/C18H15N3O4S/c1-13(22)20-16-8-5-14(6-9-16)7-10-18(23)21-26(24,25)17-4-2-3-15(11-17)12-19/h2-11H,1H3,(H,20,22)(H,21,23)/b10-7+. The molecule has 0 saturated carbocycles. The molecule has 2 amide bonds. The normalized spacial score (nSPS) is 10.9.